The maximum absolute atomic E-state index is 12.4. The third-order valence-corrected chi connectivity index (χ3v) is 11.6. The molecule has 0 aromatic rings. The van der Waals surface area contributed by atoms with Gasteiger partial charge in [-0.25, -0.2) is 0 Å². The van der Waals surface area contributed by atoms with Crippen LogP contribution in [0.15, 0.2) is 12.2 Å². The Bertz CT molecular complexity index is 717. The van der Waals surface area contributed by atoms with Crippen LogP contribution >= 0.6 is 0 Å². The first-order valence-corrected chi connectivity index (χ1v) is 13.6. The van der Waals surface area contributed by atoms with Gasteiger partial charge in [-0.15, -0.1) is 0 Å². The highest BCUT2D eigenvalue weighted by Gasteiger charge is 2.70. The van der Waals surface area contributed by atoms with Gasteiger partial charge < -0.3 is 15.3 Å². The predicted molar refractivity (Wildman–Crippen MR) is 131 cm³/mol. The highest BCUT2D eigenvalue weighted by molar-refractivity contribution is 5.19. The lowest BCUT2D eigenvalue weighted by Gasteiger charge is -2.67. The van der Waals surface area contributed by atoms with Crippen molar-refractivity contribution < 1.29 is 15.3 Å². The molecule has 0 unspecified atom stereocenters. The summed E-state index contributed by atoms with van der Waals surface area (Å²) in [5, 5.41) is 34.6. The fourth-order valence-electron chi connectivity index (χ4n) is 9.82. The largest absolute Gasteiger partial charge is 0.393 e. The number of allylic oxidation sites excluding steroid dienone is 1. The monoisotopic (exact) mass is 446 g/mol. The summed E-state index contributed by atoms with van der Waals surface area (Å²) >= 11 is 0. The van der Waals surface area contributed by atoms with E-state index in [0.29, 0.717) is 23.7 Å². The molecular formula is C29H50O3. The van der Waals surface area contributed by atoms with Crippen molar-refractivity contribution in [2.24, 2.45) is 52.3 Å². The van der Waals surface area contributed by atoms with Crippen molar-refractivity contribution in [3.8, 4) is 0 Å². The van der Waals surface area contributed by atoms with Gasteiger partial charge >= 0.3 is 0 Å². The summed E-state index contributed by atoms with van der Waals surface area (Å²) in [6, 6.07) is 0. The first-order chi connectivity index (χ1) is 14.9. The van der Waals surface area contributed by atoms with Crippen LogP contribution < -0.4 is 0 Å². The molecule has 184 valence electrons. The minimum Gasteiger partial charge on any atom is -0.393 e. The van der Waals surface area contributed by atoms with E-state index < -0.39 is 11.7 Å². The molecule has 4 aliphatic carbocycles. The molecule has 0 aromatic carbocycles. The van der Waals surface area contributed by atoms with E-state index in [2.05, 4.69) is 48.1 Å². The minimum absolute atomic E-state index is 0.00619. The third-order valence-electron chi connectivity index (χ3n) is 11.6. The third kappa shape index (κ3) is 3.55. The standard InChI is InChI=1S/C29H50O3/c1-17(2)18(3)8-9-19(4)21-10-11-25-28(21,7)16-24(31)26-27(6)14-13-23(30)20(5)22(27)12-15-29(25,26)32/h17,19-26,30-32H,3,8-16H2,1-2,4-7H3/t19-,20+,21-,22+,23+,24+,25-,26-,27+,28-,29-/m1/s1. The van der Waals surface area contributed by atoms with Crippen molar-refractivity contribution in [2.75, 3.05) is 0 Å². The molecule has 3 nitrogen and oxygen atoms in total. The number of aliphatic hydroxyl groups is 3. The molecule has 0 aliphatic heterocycles. The van der Waals surface area contributed by atoms with Gasteiger partial charge in [-0.1, -0.05) is 53.7 Å². The summed E-state index contributed by atoms with van der Waals surface area (Å²) in [5.74, 6) is 2.56. The average molecular weight is 447 g/mol. The van der Waals surface area contributed by atoms with Crippen LogP contribution in [0.3, 0.4) is 0 Å². The van der Waals surface area contributed by atoms with Gasteiger partial charge in [-0.2, -0.15) is 0 Å². The Morgan fingerprint density at radius 2 is 1.66 bits per heavy atom. The van der Waals surface area contributed by atoms with E-state index in [4.69, 9.17) is 0 Å². The predicted octanol–water partition coefficient (Wildman–Crippen LogP) is 5.97. The van der Waals surface area contributed by atoms with Gasteiger partial charge in [-0.3, -0.25) is 0 Å². The maximum Gasteiger partial charge on any atom is 0.0739 e. The second-order valence-electron chi connectivity index (χ2n) is 13.4. The van der Waals surface area contributed by atoms with Gasteiger partial charge in [0.2, 0.25) is 0 Å². The van der Waals surface area contributed by atoms with Gasteiger partial charge in [0.25, 0.3) is 0 Å². The average Bonchev–Trinajstić information content (AvgIpc) is 3.06. The zero-order chi connectivity index (χ0) is 23.6. The summed E-state index contributed by atoms with van der Waals surface area (Å²) < 4.78 is 0. The summed E-state index contributed by atoms with van der Waals surface area (Å²) in [7, 11) is 0. The molecule has 3 N–H and O–H groups in total. The summed E-state index contributed by atoms with van der Waals surface area (Å²) in [6.45, 7) is 18.1. The molecule has 0 amide bonds. The maximum atomic E-state index is 12.4. The zero-order valence-electron chi connectivity index (χ0n) is 21.6. The number of rotatable bonds is 5. The molecule has 0 radical (unpaired) electrons. The number of hydrogen-bond acceptors (Lipinski definition) is 3. The van der Waals surface area contributed by atoms with Gasteiger partial charge in [0, 0.05) is 5.92 Å². The van der Waals surface area contributed by atoms with Crippen LogP contribution in [-0.2, 0) is 0 Å². The topological polar surface area (TPSA) is 60.7 Å². The minimum atomic E-state index is -0.768. The van der Waals surface area contributed by atoms with Crippen LogP contribution in [0.25, 0.3) is 0 Å². The Morgan fingerprint density at radius 1 is 0.969 bits per heavy atom. The molecule has 0 aromatic heterocycles. The highest BCUT2D eigenvalue weighted by Crippen LogP contribution is 2.70. The first-order valence-electron chi connectivity index (χ1n) is 13.6. The van der Waals surface area contributed by atoms with Crippen LogP contribution in [0.2, 0.25) is 0 Å². The number of fused-ring (bicyclic) bond motifs is 5. The Hall–Kier alpha value is -0.380. The Labute approximate surface area is 197 Å². The Morgan fingerprint density at radius 3 is 2.31 bits per heavy atom. The van der Waals surface area contributed by atoms with Crippen molar-refractivity contribution >= 4 is 0 Å². The lowest BCUT2D eigenvalue weighted by atomic mass is 9.40. The van der Waals surface area contributed by atoms with E-state index in [1.807, 2.05) is 0 Å². The van der Waals surface area contributed by atoms with E-state index in [1.54, 1.807) is 0 Å². The van der Waals surface area contributed by atoms with E-state index in [0.717, 1.165) is 51.4 Å². The second-order valence-corrected chi connectivity index (χ2v) is 13.4. The molecule has 4 fully saturated rings. The summed E-state index contributed by atoms with van der Waals surface area (Å²) in [6.07, 6.45) is 8.16. The van der Waals surface area contributed by atoms with Crippen molar-refractivity contribution in [3.05, 3.63) is 12.2 Å². The highest BCUT2D eigenvalue weighted by atomic mass is 16.3. The fraction of sp³-hybridized carbons (Fsp3) is 0.931. The molecule has 11 atom stereocenters. The Kier molecular flexibility index (Phi) is 6.48. The smallest absolute Gasteiger partial charge is 0.0739 e. The van der Waals surface area contributed by atoms with Crippen LogP contribution in [0.5, 0.6) is 0 Å². The molecule has 0 bridgehead atoms. The molecule has 32 heavy (non-hydrogen) atoms. The lowest BCUT2D eigenvalue weighted by molar-refractivity contribution is -0.267. The second kappa shape index (κ2) is 8.38. The van der Waals surface area contributed by atoms with Crippen LogP contribution in [0.1, 0.15) is 99.3 Å². The summed E-state index contributed by atoms with van der Waals surface area (Å²) in [4.78, 5) is 0. The van der Waals surface area contributed by atoms with Gasteiger partial charge in [-0.05, 0) is 104 Å². The van der Waals surface area contributed by atoms with Crippen LogP contribution in [0, 0.1) is 52.3 Å². The van der Waals surface area contributed by atoms with Gasteiger partial charge in [0.05, 0.1) is 17.8 Å². The molecule has 4 aliphatic rings. The molecule has 0 spiro atoms. The SMILES string of the molecule is C=C(CC[C@@H](C)[C@H]1CC[C@@H]2[C@]1(C)C[C@H](O)[C@@H]1[C@@]3(C)CC[C@H](O)[C@@H](C)[C@@H]3CC[C@@]21O)C(C)C. The summed E-state index contributed by atoms with van der Waals surface area (Å²) in [5.41, 5.74) is 0.506. The van der Waals surface area contributed by atoms with E-state index in [1.165, 1.54) is 12.0 Å². The first kappa shape index (κ1) is 24.7. The van der Waals surface area contributed by atoms with E-state index in [9.17, 15) is 15.3 Å². The van der Waals surface area contributed by atoms with Gasteiger partial charge in [0.15, 0.2) is 0 Å². The lowest BCUT2D eigenvalue weighted by Crippen LogP contribution is -2.69. The van der Waals surface area contributed by atoms with Crippen molar-refractivity contribution in [2.45, 2.75) is 117 Å². The van der Waals surface area contributed by atoms with E-state index in [-0.39, 0.29) is 34.7 Å². The zero-order valence-corrected chi connectivity index (χ0v) is 21.6. The molecule has 4 saturated carbocycles. The number of aliphatic hydroxyl groups excluding tert-OH is 2. The van der Waals surface area contributed by atoms with Crippen molar-refractivity contribution in [3.63, 3.8) is 0 Å². The molecule has 0 heterocycles. The van der Waals surface area contributed by atoms with Crippen molar-refractivity contribution in [1.82, 2.24) is 0 Å². The number of hydrogen-bond donors (Lipinski definition) is 3. The molecule has 0 saturated heterocycles. The Balaban J connectivity index is 1.59. The molecule has 3 heteroatoms. The fourth-order valence-corrected chi connectivity index (χ4v) is 9.82. The van der Waals surface area contributed by atoms with Crippen LogP contribution in [-0.4, -0.2) is 33.1 Å². The van der Waals surface area contributed by atoms with Crippen molar-refractivity contribution in [1.29, 1.82) is 0 Å². The van der Waals surface area contributed by atoms with Gasteiger partial charge in [0.1, 0.15) is 0 Å². The van der Waals surface area contributed by atoms with E-state index >= 15 is 0 Å². The molecular weight excluding hydrogens is 396 g/mol. The quantitative estimate of drug-likeness (QED) is 0.456. The van der Waals surface area contributed by atoms with Crippen LogP contribution in [0.4, 0.5) is 0 Å². The normalized spacial score (nSPS) is 51.6. The molecule has 4 rings (SSSR count).